The Hall–Kier alpha value is -1.38. The van der Waals surface area contributed by atoms with E-state index in [0.717, 1.165) is 55.7 Å². The van der Waals surface area contributed by atoms with Gasteiger partial charge in [0.25, 0.3) is 0 Å². The number of aromatic nitrogens is 5. The molecule has 0 spiro atoms. The number of nitrogens with one attached hydrogen (secondary N) is 1. The van der Waals surface area contributed by atoms with Crippen LogP contribution in [0.5, 0.6) is 0 Å². The molecule has 1 unspecified atom stereocenters. The van der Waals surface area contributed by atoms with Crippen molar-refractivity contribution < 1.29 is 4.74 Å². The van der Waals surface area contributed by atoms with Gasteiger partial charge in [-0.15, -0.1) is 10.2 Å². The number of hydrogen-bond donors (Lipinski definition) is 1. The molecule has 1 fully saturated rings. The van der Waals surface area contributed by atoms with Crippen LogP contribution in [0.25, 0.3) is 0 Å². The molecule has 0 saturated carbocycles. The monoisotopic (exact) mass is 336 g/mol. The molecule has 0 aliphatic carbocycles. The molecule has 1 atom stereocenters. The topological polar surface area (TPSA) is 69.8 Å². The van der Waals surface area contributed by atoms with Crippen LogP contribution in [-0.2, 0) is 31.3 Å². The van der Waals surface area contributed by atoms with Crippen molar-refractivity contribution in [2.45, 2.75) is 43.6 Å². The van der Waals surface area contributed by atoms with Crippen molar-refractivity contribution in [2.24, 2.45) is 7.05 Å². The summed E-state index contributed by atoms with van der Waals surface area (Å²) in [6.45, 7) is 2.44. The van der Waals surface area contributed by atoms with Crippen LogP contribution in [0, 0.1) is 0 Å². The quantitative estimate of drug-likeness (QED) is 0.732. The van der Waals surface area contributed by atoms with Crippen molar-refractivity contribution >= 4 is 11.8 Å². The molecule has 0 radical (unpaired) electrons. The van der Waals surface area contributed by atoms with Gasteiger partial charge < -0.3 is 14.6 Å². The smallest absolute Gasteiger partial charge is 0.191 e. The largest absolute Gasteiger partial charge is 0.376 e. The van der Waals surface area contributed by atoms with Gasteiger partial charge in [-0.1, -0.05) is 11.8 Å². The molecule has 1 aliphatic rings. The molecule has 126 valence electrons. The van der Waals surface area contributed by atoms with Crippen LogP contribution < -0.4 is 5.32 Å². The Kier molecular flexibility index (Phi) is 5.69. The molecule has 1 aliphatic heterocycles. The van der Waals surface area contributed by atoms with Crippen molar-refractivity contribution in [3.05, 3.63) is 23.8 Å². The highest BCUT2D eigenvalue weighted by Crippen LogP contribution is 2.22. The molecule has 1 saturated heterocycles. The maximum absolute atomic E-state index is 5.77. The van der Waals surface area contributed by atoms with Crippen LogP contribution in [0.4, 0.5) is 0 Å². The van der Waals surface area contributed by atoms with Crippen LogP contribution in [0.2, 0.25) is 0 Å². The first-order chi connectivity index (χ1) is 11.3. The fourth-order valence-electron chi connectivity index (χ4n) is 2.75. The Labute approximate surface area is 140 Å². The third-order valence-corrected chi connectivity index (χ3v) is 4.89. The molecular weight excluding hydrogens is 312 g/mol. The SMILES string of the molecule is CNCc1nnc(SCCc2cnn(C)c2)n1CC1CCCO1. The zero-order valence-electron chi connectivity index (χ0n) is 13.7. The minimum Gasteiger partial charge on any atom is -0.376 e. The van der Waals surface area contributed by atoms with Gasteiger partial charge in [0.05, 0.1) is 25.4 Å². The minimum absolute atomic E-state index is 0.291. The summed E-state index contributed by atoms with van der Waals surface area (Å²) in [5.41, 5.74) is 1.25. The van der Waals surface area contributed by atoms with E-state index in [4.69, 9.17) is 4.74 Å². The number of hydrogen-bond acceptors (Lipinski definition) is 6. The zero-order valence-corrected chi connectivity index (χ0v) is 14.6. The third kappa shape index (κ3) is 4.33. The number of thioether (sulfide) groups is 1. The summed E-state index contributed by atoms with van der Waals surface area (Å²) in [4.78, 5) is 0. The van der Waals surface area contributed by atoms with Gasteiger partial charge in [0, 0.05) is 25.6 Å². The molecule has 8 heteroatoms. The minimum atomic E-state index is 0.291. The summed E-state index contributed by atoms with van der Waals surface area (Å²) >= 11 is 1.75. The van der Waals surface area contributed by atoms with Gasteiger partial charge >= 0.3 is 0 Å². The Morgan fingerprint density at radius 1 is 1.43 bits per heavy atom. The highest BCUT2D eigenvalue weighted by atomic mass is 32.2. The molecule has 1 N–H and O–H groups in total. The maximum atomic E-state index is 5.77. The lowest BCUT2D eigenvalue weighted by Crippen LogP contribution is -2.20. The molecule has 0 amide bonds. The summed E-state index contributed by atoms with van der Waals surface area (Å²) in [6, 6.07) is 0. The van der Waals surface area contributed by atoms with E-state index in [1.807, 2.05) is 25.0 Å². The summed E-state index contributed by atoms with van der Waals surface area (Å²) in [5.74, 6) is 1.95. The first kappa shape index (κ1) is 16.5. The second-order valence-electron chi connectivity index (χ2n) is 5.80. The number of aryl methyl sites for hydroxylation is 2. The zero-order chi connectivity index (χ0) is 16.1. The van der Waals surface area contributed by atoms with E-state index in [2.05, 4.69) is 31.4 Å². The van der Waals surface area contributed by atoms with Crippen molar-refractivity contribution in [1.29, 1.82) is 0 Å². The first-order valence-corrected chi connectivity index (χ1v) is 9.03. The summed E-state index contributed by atoms with van der Waals surface area (Å²) < 4.78 is 9.82. The Morgan fingerprint density at radius 3 is 3.04 bits per heavy atom. The van der Waals surface area contributed by atoms with Gasteiger partial charge in [-0.05, 0) is 31.9 Å². The van der Waals surface area contributed by atoms with E-state index in [1.165, 1.54) is 5.56 Å². The van der Waals surface area contributed by atoms with Gasteiger partial charge in [-0.25, -0.2) is 0 Å². The predicted octanol–water partition coefficient (Wildman–Crippen LogP) is 1.24. The molecule has 2 aromatic rings. The summed E-state index contributed by atoms with van der Waals surface area (Å²) in [5, 5.41) is 17.1. The van der Waals surface area contributed by atoms with Crippen LogP contribution >= 0.6 is 11.8 Å². The molecule has 0 aromatic carbocycles. The average Bonchev–Trinajstić information content (AvgIpc) is 3.25. The van der Waals surface area contributed by atoms with E-state index in [1.54, 1.807) is 11.8 Å². The van der Waals surface area contributed by atoms with E-state index in [-0.39, 0.29) is 0 Å². The molecule has 0 bridgehead atoms. The van der Waals surface area contributed by atoms with Crippen LogP contribution in [0.3, 0.4) is 0 Å². The highest BCUT2D eigenvalue weighted by molar-refractivity contribution is 7.99. The van der Waals surface area contributed by atoms with E-state index in [0.29, 0.717) is 6.10 Å². The van der Waals surface area contributed by atoms with E-state index in [9.17, 15) is 0 Å². The highest BCUT2D eigenvalue weighted by Gasteiger charge is 2.20. The lowest BCUT2D eigenvalue weighted by Gasteiger charge is -2.14. The van der Waals surface area contributed by atoms with Crippen LogP contribution in [0.15, 0.2) is 17.6 Å². The molecular formula is C15H24N6OS. The van der Waals surface area contributed by atoms with Crippen molar-refractivity contribution in [1.82, 2.24) is 29.9 Å². The second-order valence-corrected chi connectivity index (χ2v) is 6.86. The van der Waals surface area contributed by atoms with Crippen molar-refractivity contribution in [3.8, 4) is 0 Å². The van der Waals surface area contributed by atoms with Gasteiger partial charge in [0.1, 0.15) is 5.82 Å². The Morgan fingerprint density at radius 2 is 2.35 bits per heavy atom. The molecule has 3 rings (SSSR count). The Bertz CT molecular complexity index is 619. The standard InChI is InChI=1S/C15H24N6OS/c1-16-9-14-18-19-15(21(14)11-13-4-3-6-22-13)23-7-5-12-8-17-20(2)10-12/h8,10,13,16H,3-7,9,11H2,1-2H3. The lowest BCUT2D eigenvalue weighted by molar-refractivity contribution is 0.0941. The molecule has 23 heavy (non-hydrogen) atoms. The summed E-state index contributed by atoms with van der Waals surface area (Å²) in [7, 11) is 3.87. The van der Waals surface area contributed by atoms with Gasteiger partial charge in [0.15, 0.2) is 5.16 Å². The van der Waals surface area contributed by atoms with Gasteiger partial charge in [-0.3, -0.25) is 4.68 Å². The average molecular weight is 336 g/mol. The number of rotatable bonds is 8. The van der Waals surface area contributed by atoms with Gasteiger partial charge in [-0.2, -0.15) is 5.10 Å². The molecule has 7 nitrogen and oxygen atoms in total. The number of nitrogens with zero attached hydrogens (tertiary/aromatic N) is 5. The van der Waals surface area contributed by atoms with Crippen molar-refractivity contribution in [2.75, 3.05) is 19.4 Å². The number of ether oxygens (including phenoxy) is 1. The predicted molar refractivity (Wildman–Crippen MR) is 89.4 cm³/mol. The van der Waals surface area contributed by atoms with Crippen LogP contribution in [0.1, 0.15) is 24.2 Å². The third-order valence-electron chi connectivity index (χ3n) is 3.92. The normalized spacial score (nSPS) is 17.9. The fraction of sp³-hybridized carbons (Fsp3) is 0.667. The Balaban J connectivity index is 1.62. The van der Waals surface area contributed by atoms with Gasteiger partial charge in [0.2, 0.25) is 0 Å². The van der Waals surface area contributed by atoms with E-state index >= 15 is 0 Å². The first-order valence-electron chi connectivity index (χ1n) is 8.05. The summed E-state index contributed by atoms with van der Waals surface area (Å²) in [6.07, 6.45) is 7.52. The van der Waals surface area contributed by atoms with Crippen molar-refractivity contribution in [3.63, 3.8) is 0 Å². The second kappa shape index (κ2) is 7.94. The van der Waals surface area contributed by atoms with Crippen LogP contribution in [-0.4, -0.2) is 50.1 Å². The fourth-order valence-corrected chi connectivity index (χ4v) is 3.71. The van der Waals surface area contributed by atoms with E-state index < -0.39 is 0 Å². The molecule has 2 aromatic heterocycles. The maximum Gasteiger partial charge on any atom is 0.191 e. The lowest BCUT2D eigenvalue weighted by atomic mass is 10.2. The molecule has 3 heterocycles.